The summed E-state index contributed by atoms with van der Waals surface area (Å²) in [6.45, 7) is 6.86. The lowest BCUT2D eigenvalue weighted by molar-refractivity contribution is 0.393. The Bertz CT molecular complexity index is 842. The molecule has 1 saturated heterocycles. The lowest BCUT2D eigenvalue weighted by atomic mass is 10.0. The van der Waals surface area contributed by atoms with Gasteiger partial charge in [0.1, 0.15) is 11.5 Å². The summed E-state index contributed by atoms with van der Waals surface area (Å²) in [4.78, 5) is 2.34. The summed E-state index contributed by atoms with van der Waals surface area (Å²) in [5.41, 5.74) is 0.910. The van der Waals surface area contributed by atoms with Gasteiger partial charge in [-0.2, -0.15) is 0 Å². The molecule has 0 bridgehead atoms. The smallest absolute Gasteiger partial charge is 0.228 e. The molecule has 1 aliphatic heterocycles. The Morgan fingerprint density at radius 2 is 2.27 bits per heavy atom. The minimum atomic E-state index is 0.625. The highest BCUT2D eigenvalue weighted by Gasteiger charge is 2.24. The molecular formula is C18H23N5O2S. The average molecular weight is 373 g/mol. The van der Waals surface area contributed by atoms with Gasteiger partial charge in [0.05, 0.1) is 18.5 Å². The summed E-state index contributed by atoms with van der Waals surface area (Å²) in [6, 6.07) is 5.85. The summed E-state index contributed by atoms with van der Waals surface area (Å²) in [7, 11) is 0. The summed E-state index contributed by atoms with van der Waals surface area (Å²) in [5.74, 6) is 4.01. The van der Waals surface area contributed by atoms with E-state index in [-0.39, 0.29) is 0 Å². The molecule has 0 amide bonds. The van der Waals surface area contributed by atoms with Crippen LogP contribution in [0.1, 0.15) is 37.0 Å². The first-order valence-corrected chi connectivity index (χ1v) is 9.93. The maximum Gasteiger partial charge on any atom is 0.228 e. The van der Waals surface area contributed by atoms with E-state index in [4.69, 9.17) is 8.94 Å². The van der Waals surface area contributed by atoms with Gasteiger partial charge in [0, 0.05) is 24.9 Å². The van der Waals surface area contributed by atoms with Crippen LogP contribution >= 0.6 is 11.8 Å². The Labute approximate surface area is 156 Å². The number of nitrogens with zero attached hydrogens (tertiary/aromatic N) is 5. The van der Waals surface area contributed by atoms with E-state index in [1.165, 1.54) is 12.8 Å². The average Bonchev–Trinajstić information content (AvgIpc) is 3.36. The number of aromatic nitrogens is 4. The van der Waals surface area contributed by atoms with Crippen LogP contribution in [0.15, 0.2) is 38.6 Å². The van der Waals surface area contributed by atoms with Crippen molar-refractivity contribution in [3.05, 3.63) is 41.7 Å². The van der Waals surface area contributed by atoms with E-state index in [0.29, 0.717) is 18.2 Å². The predicted molar refractivity (Wildman–Crippen MR) is 99.2 cm³/mol. The number of piperidine rings is 1. The van der Waals surface area contributed by atoms with Gasteiger partial charge in [0.2, 0.25) is 5.95 Å². The van der Waals surface area contributed by atoms with Crippen molar-refractivity contribution >= 4 is 17.7 Å². The molecule has 0 aliphatic carbocycles. The lowest BCUT2D eigenvalue weighted by Gasteiger charge is -2.31. The van der Waals surface area contributed by atoms with Gasteiger partial charge >= 0.3 is 0 Å². The van der Waals surface area contributed by atoms with E-state index in [1.54, 1.807) is 18.0 Å². The minimum absolute atomic E-state index is 0.625. The fourth-order valence-electron chi connectivity index (χ4n) is 3.31. The van der Waals surface area contributed by atoms with Crippen LogP contribution in [0.2, 0.25) is 0 Å². The molecule has 0 saturated carbocycles. The quantitative estimate of drug-likeness (QED) is 0.609. The van der Waals surface area contributed by atoms with Gasteiger partial charge in [-0.3, -0.25) is 4.57 Å². The zero-order chi connectivity index (χ0) is 17.9. The molecule has 1 unspecified atom stereocenters. The van der Waals surface area contributed by atoms with Crippen LogP contribution in [0, 0.1) is 12.8 Å². The van der Waals surface area contributed by atoms with Crippen molar-refractivity contribution in [3.63, 3.8) is 0 Å². The molecule has 0 radical (unpaired) electrons. The number of hydrogen-bond donors (Lipinski definition) is 0. The minimum Gasteiger partial charge on any atom is -0.467 e. The molecule has 8 heteroatoms. The summed E-state index contributed by atoms with van der Waals surface area (Å²) < 4.78 is 12.9. The Balaban J connectivity index is 1.58. The Morgan fingerprint density at radius 3 is 3.00 bits per heavy atom. The number of aryl methyl sites for hydroxylation is 1. The number of rotatable bonds is 6. The van der Waals surface area contributed by atoms with Crippen LogP contribution in [0.3, 0.4) is 0 Å². The fraction of sp³-hybridized carbons (Fsp3) is 0.500. The van der Waals surface area contributed by atoms with Crippen molar-refractivity contribution in [2.24, 2.45) is 5.92 Å². The Morgan fingerprint density at radius 1 is 1.35 bits per heavy atom. The molecule has 7 nitrogen and oxygen atoms in total. The van der Waals surface area contributed by atoms with Crippen LogP contribution in [0.25, 0.3) is 0 Å². The van der Waals surface area contributed by atoms with Crippen LogP contribution < -0.4 is 4.90 Å². The summed E-state index contributed by atoms with van der Waals surface area (Å²) >= 11 is 1.62. The molecule has 3 aromatic heterocycles. The molecule has 0 spiro atoms. The molecular weight excluding hydrogens is 350 g/mol. The van der Waals surface area contributed by atoms with Crippen molar-refractivity contribution in [1.29, 1.82) is 0 Å². The topological polar surface area (TPSA) is 73.1 Å². The van der Waals surface area contributed by atoms with Crippen molar-refractivity contribution in [2.75, 3.05) is 18.0 Å². The molecule has 0 N–H and O–H groups in total. The molecule has 0 aromatic carbocycles. The van der Waals surface area contributed by atoms with E-state index in [2.05, 4.69) is 31.7 Å². The van der Waals surface area contributed by atoms with Crippen molar-refractivity contribution in [1.82, 2.24) is 19.9 Å². The second-order valence-electron chi connectivity index (χ2n) is 6.86. The van der Waals surface area contributed by atoms with Crippen LogP contribution in [0.5, 0.6) is 0 Å². The van der Waals surface area contributed by atoms with Crippen molar-refractivity contribution in [3.8, 4) is 0 Å². The van der Waals surface area contributed by atoms with Gasteiger partial charge in [0.15, 0.2) is 5.16 Å². The van der Waals surface area contributed by atoms with Gasteiger partial charge in [-0.05, 0) is 37.8 Å². The molecule has 1 atom stereocenters. The number of anilines is 1. The van der Waals surface area contributed by atoms with Crippen LogP contribution in [-0.2, 0) is 12.3 Å². The third-order valence-electron chi connectivity index (χ3n) is 4.56. The van der Waals surface area contributed by atoms with Gasteiger partial charge < -0.3 is 13.8 Å². The zero-order valence-electron chi connectivity index (χ0n) is 15.1. The highest BCUT2D eigenvalue weighted by Crippen LogP contribution is 2.28. The first kappa shape index (κ1) is 17.2. The molecule has 26 heavy (non-hydrogen) atoms. The second-order valence-corrected chi connectivity index (χ2v) is 7.80. The predicted octanol–water partition coefficient (Wildman–Crippen LogP) is 3.74. The number of furan rings is 1. The maximum atomic E-state index is 5.56. The van der Waals surface area contributed by atoms with E-state index in [1.807, 2.05) is 25.1 Å². The molecule has 3 aromatic rings. The van der Waals surface area contributed by atoms with Crippen molar-refractivity contribution < 1.29 is 8.94 Å². The first-order chi connectivity index (χ1) is 12.7. The standard InChI is InChI=1S/C18H23N5O2S/c1-13-5-3-7-22(10-13)17-19-20-18(23(17)11-16-6-4-8-24-16)26-12-15-9-14(2)25-21-15/h4,6,8-9,13H,3,5,7,10-12H2,1-2H3. The number of hydrogen-bond acceptors (Lipinski definition) is 7. The zero-order valence-corrected chi connectivity index (χ0v) is 15.9. The van der Waals surface area contributed by atoms with Gasteiger partial charge in [-0.15, -0.1) is 10.2 Å². The third-order valence-corrected chi connectivity index (χ3v) is 5.56. The highest BCUT2D eigenvalue weighted by molar-refractivity contribution is 7.98. The van der Waals surface area contributed by atoms with E-state index in [9.17, 15) is 0 Å². The third kappa shape index (κ3) is 3.80. The molecule has 4 heterocycles. The number of thioether (sulfide) groups is 1. The van der Waals surface area contributed by atoms with Gasteiger partial charge in [-0.1, -0.05) is 23.8 Å². The highest BCUT2D eigenvalue weighted by atomic mass is 32.2. The SMILES string of the molecule is Cc1cc(CSc2nnc(N3CCCC(C)C3)n2Cc2ccco2)no1. The van der Waals surface area contributed by atoms with Gasteiger partial charge in [-0.25, -0.2) is 0 Å². The van der Waals surface area contributed by atoms with E-state index in [0.717, 1.165) is 41.4 Å². The maximum absolute atomic E-state index is 5.56. The summed E-state index contributed by atoms with van der Waals surface area (Å²) in [5, 5.41) is 13.9. The monoisotopic (exact) mass is 373 g/mol. The normalized spacial score (nSPS) is 17.8. The second kappa shape index (κ2) is 7.57. The van der Waals surface area contributed by atoms with Crippen LogP contribution in [0.4, 0.5) is 5.95 Å². The molecule has 138 valence electrons. The molecule has 1 fully saturated rings. The Hall–Kier alpha value is -2.22. The molecule has 1 aliphatic rings. The first-order valence-electron chi connectivity index (χ1n) is 8.94. The van der Waals surface area contributed by atoms with E-state index >= 15 is 0 Å². The van der Waals surface area contributed by atoms with Gasteiger partial charge in [0.25, 0.3) is 0 Å². The summed E-state index contributed by atoms with van der Waals surface area (Å²) in [6.07, 6.45) is 4.17. The van der Waals surface area contributed by atoms with E-state index < -0.39 is 0 Å². The lowest BCUT2D eigenvalue weighted by Crippen LogP contribution is -2.36. The van der Waals surface area contributed by atoms with Crippen molar-refractivity contribution in [2.45, 2.75) is 44.1 Å². The van der Waals surface area contributed by atoms with Crippen LogP contribution in [-0.4, -0.2) is 33.0 Å². The Kier molecular flexibility index (Phi) is 5.01. The largest absolute Gasteiger partial charge is 0.467 e. The fourth-order valence-corrected chi connectivity index (χ4v) is 4.13. The molecule has 4 rings (SSSR count).